The van der Waals surface area contributed by atoms with Crippen molar-refractivity contribution in [2.75, 3.05) is 6.54 Å². The maximum absolute atomic E-state index is 14.1. The summed E-state index contributed by atoms with van der Waals surface area (Å²) in [7, 11) is 0. The lowest BCUT2D eigenvalue weighted by Crippen LogP contribution is -2.27. The Morgan fingerprint density at radius 2 is 1.88 bits per heavy atom. The van der Waals surface area contributed by atoms with Crippen molar-refractivity contribution in [2.45, 2.75) is 32.2 Å². The van der Waals surface area contributed by atoms with E-state index in [9.17, 15) is 9.18 Å². The van der Waals surface area contributed by atoms with Crippen LogP contribution in [0.3, 0.4) is 0 Å². The van der Waals surface area contributed by atoms with E-state index >= 15 is 0 Å². The van der Waals surface area contributed by atoms with Crippen LogP contribution < -0.4 is 5.32 Å². The number of para-hydroxylation sites is 1. The lowest BCUT2D eigenvalue weighted by atomic mass is 9.88. The zero-order valence-corrected chi connectivity index (χ0v) is 19.8. The molecule has 6 heteroatoms. The van der Waals surface area contributed by atoms with Gasteiger partial charge in [-0.3, -0.25) is 4.79 Å². The number of hydrogen-bond acceptors (Lipinski definition) is 1. The van der Waals surface area contributed by atoms with Gasteiger partial charge in [-0.2, -0.15) is 0 Å². The van der Waals surface area contributed by atoms with Crippen molar-refractivity contribution < 1.29 is 9.18 Å². The first-order valence-electron chi connectivity index (χ1n) is 11.0. The molecule has 33 heavy (non-hydrogen) atoms. The van der Waals surface area contributed by atoms with Crippen LogP contribution in [0.1, 0.15) is 36.0 Å². The number of halogens is 3. The van der Waals surface area contributed by atoms with Crippen molar-refractivity contribution in [1.82, 2.24) is 9.88 Å². The molecule has 0 aliphatic carbocycles. The highest BCUT2D eigenvalue weighted by atomic mass is 35.5. The van der Waals surface area contributed by atoms with Crippen molar-refractivity contribution in [3.63, 3.8) is 0 Å². The first kappa shape index (κ1) is 23.3. The molecule has 0 radical (unpaired) electrons. The quantitative estimate of drug-likeness (QED) is 0.288. The lowest BCUT2D eigenvalue weighted by molar-refractivity contribution is -0.121. The van der Waals surface area contributed by atoms with E-state index in [4.69, 9.17) is 23.2 Å². The minimum atomic E-state index is -0.311. The summed E-state index contributed by atoms with van der Waals surface area (Å²) in [4.78, 5) is 13.0. The number of amides is 1. The summed E-state index contributed by atoms with van der Waals surface area (Å²) in [6.07, 6.45) is 2.90. The fraction of sp³-hybridized carbons (Fsp3) is 0.222. The van der Waals surface area contributed by atoms with Crippen molar-refractivity contribution in [1.29, 1.82) is 0 Å². The number of nitrogens with one attached hydrogen (secondary N) is 1. The van der Waals surface area contributed by atoms with Gasteiger partial charge in [0.05, 0.1) is 0 Å². The van der Waals surface area contributed by atoms with Gasteiger partial charge in [0.15, 0.2) is 0 Å². The number of fused-ring (bicyclic) bond motifs is 1. The van der Waals surface area contributed by atoms with Gasteiger partial charge in [-0.05, 0) is 60.4 Å². The predicted octanol–water partition coefficient (Wildman–Crippen LogP) is 6.99. The van der Waals surface area contributed by atoms with E-state index in [0.29, 0.717) is 23.0 Å². The molecule has 4 rings (SSSR count). The summed E-state index contributed by atoms with van der Waals surface area (Å²) < 4.78 is 16.3. The third-order valence-corrected chi connectivity index (χ3v) is 6.49. The van der Waals surface area contributed by atoms with Gasteiger partial charge in [-0.15, -0.1) is 0 Å². The highest BCUT2D eigenvalue weighted by molar-refractivity contribution is 6.35. The van der Waals surface area contributed by atoms with E-state index in [2.05, 4.69) is 35.1 Å². The SMILES string of the molecule is CCn1cc([C@@H](CC(=O)NCCc2ccc(Cl)cc2Cl)c2cccc(F)c2)c2ccccc21. The van der Waals surface area contributed by atoms with Crippen LogP contribution in [0.15, 0.2) is 72.9 Å². The molecule has 0 fully saturated rings. The number of benzene rings is 3. The third-order valence-electron chi connectivity index (χ3n) is 5.91. The molecule has 0 saturated heterocycles. The van der Waals surface area contributed by atoms with Crippen LogP contribution in [0.25, 0.3) is 10.9 Å². The smallest absolute Gasteiger partial charge is 0.220 e. The van der Waals surface area contributed by atoms with Gasteiger partial charge in [0, 0.05) is 52.6 Å². The Hall–Kier alpha value is -2.82. The number of carbonyl (C=O) groups excluding carboxylic acids is 1. The lowest BCUT2D eigenvalue weighted by Gasteiger charge is -2.17. The van der Waals surface area contributed by atoms with Crippen LogP contribution in [-0.4, -0.2) is 17.0 Å². The zero-order chi connectivity index (χ0) is 23.4. The van der Waals surface area contributed by atoms with Crippen molar-refractivity contribution in [3.8, 4) is 0 Å². The molecule has 4 aromatic rings. The molecule has 0 saturated carbocycles. The molecule has 1 aromatic heterocycles. The summed E-state index contributed by atoms with van der Waals surface area (Å²) >= 11 is 12.2. The van der Waals surface area contributed by atoms with E-state index < -0.39 is 0 Å². The molecule has 0 spiro atoms. The first-order chi connectivity index (χ1) is 16.0. The number of aryl methyl sites for hydroxylation is 1. The van der Waals surface area contributed by atoms with Crippen LogP contribution in [0, 0.1) is 5.82 Å². The van der Waals surface area contributed by atoms with E-state index in [1.54, 1.807) is 18.2 Å². The van der Waals surface area contributed by atoms with Crippen molar-refractivity contribution in [2.24, 2.45) is 0 Å². The van der Waals surface area contributed by atoms with Crippen LogP contribution in [0.5, 0.6) is 0 Å². The summed E-state index contributed by atoms with van der Waals surface area (Å²) in [6.45, 7) is 3.35. The summed E-state index contributed by atoms with van der Waals surface area (Å²) in [5, 5.41) is 5.24. The zero-order valence-electron chi connectivity index (χ0n) is 18.3. The predicted molar refractivity (Wildman–Crippen MR) is 134 cm³/mol. The summed E-state index contributed by atoms with van der Waals surface area (Å²) in [6, 6.07) is 20.0. The normalized spacial score (nSPS) is 12.1. The maximum Gasteiger partial charge on any atom is 0.220 e. The standard InChI is InChI=1S/C27H25Cl2FN2O/c1-2-32-17-24(22-8-3-4-9-26(22)32)23(19-6-5-7-21(30)14-19)16-27(33)31-13-12-18-10-11-20(28)15-25(18)29/h3-11,14-15,17,23H,2,12-13,16H2,1H3,(H,31,33)/t23-/m0/s1. The molecule has 0 aliphatic rings. The molecular formula is C27H25Cl2FN2O. The molecule has 170 valence electrons. The number of rotatable bonds is 8. The first-order valence-corrected chi connectivity index (χ1v) is 11.8. The maximum atomic E-state index is 14.1. The van der Waals surface area contributed by atoms with Gasteiger partial charge < -0.3 is 9.88 Å². The summed E-state index contributed by atoms with van der Waals surface area (Å²) in [5.74, 6) is -0.672. The number of carbonyl (C=O) groups is 1. The third kappa shape index (κ3) is 5.40. The molecule has 0 unspecified atom stereocenters. The van der Waals surface area contributed by atoms with Gasteiger partial charge in [0.1, 0.15) is 5.82 Å². The molecule has 1 N–H and O–H groups in total. The van der Waals surface area contributed by atoms with Crippen molar-refractivity contribution in [3.05, 3.63) is 105 Å². The molecule has 1 amide bonds. The average molecular weight is 483 g/mol. The van der Waals surface area contributed by atoms with Gasteiger partial charge >= 0.3 is 0 Å². The van der Waals surface area contributed by atoms with Gasteiger partial charge in [-0.1, -0.05) is 59.6 Å². The molecular weight excluding hydrogens is 458 g/mol. The fourth-order valence-corrected chi connectivity index (χ4v) is 4.77. The second-order valence-electron chi connectivity index (χ2n) is 8.04. The van der Waals surface area contributed by atoms with Crippen LogP contribution >= 0.6 is 23.2 Å². The highest BCUT2D eigenvalue weighted by Gasteiger charge is 2.23. The second kappa shape index (κ2) is 10.4. The van der Waals surface area contributed by atoms with Crippen LogP contribution in [0.2, 0.25) is 10.0 Å². The van der Waals surface area contributed by atoms with Gasteiger partial charge in [0.2, 0.25) is 5.91 Å². The van der Waals surface area contributed by atoms with E-state index in [1.807, 2.05) is 24.3 Å². The Bertz CT molecular complexity index is 1280. The number of aromatic nitrogens is 1. The minimum absolute atomic E-state index is 0.0947. The molecule has 1 atom stereocenters. The molecule has 0 bridgehead atoms. The Kier molecular flexibility index (Phi) is 7.36. The molecule has 3 aromatic carbocycles. The van der Waals surface area contributed by atoms with Crippen molar-refractivity contribution >= 4 is 40.0 Å². The average Bonchev–Trinajstić information content (AvgIpc) is 3.17. The second-order valence-corrected chi connectivity index (χ2v) is 8.88. The van der Waals surface area contributed by atoms with Gasteiger partial charge in [0.25, 0.3) is 0 Å². The molecule has 3 nitrogen and oxygen atoms in total. The number of hydrogen-bond donors (Lipinski definition) is 1. The monoisotopic (exact) mass is 482 g/mol. The van der Waals surface area contributed by atoms with E-state index in [-0.39, 0.29) is 24.1 Å². The van der Waals surface area contributed by atoms with E-state index in [0.717, 1.165) is 34.1 Å². The Balaban J connectivity index is 1.57. The highest BCUT2D eigenvalue weighted by Crippen LogP contribution is 2.35. The molecule has 0 aliphatic heterocycles. The van der Waals surface area contributed by atoms with Gasteiger partial charge in [-0.25, -0.2) is 4.39 Å². The number of nitrogens with zero attached hydrogens (tertiary/aromatic N) is 1. The summed E-state index contributed by atoms with van der Waals surface area (Å²) in [5.41, 5.74) is 3.84. The van der Waals surface area contributed by atoms with Crippen LogP contribution in [-0.2, 0) is 17.8 Å². The Morgan fingerprint density at radius 3 is 2.64 bits per heavy atom. The fourth-order valence-electron chi connectivity index (χ4n) is 4.26. The topological polar surface area (TPSA) is 34.0 Å². The Morgan fingerprint density at radius 1 is 1.06 bits per heavy atom. The minimum Gasteiger partial charge on any atom is -0.356 e. The largest absolute Gasteiger partial charge is 0.356 e. The van der Waals surface area contributed by atoms with Crippen LogP contribution in [0.4, 0.5) is 4.39 Å². The Labute approximate surface area is 203 Å². The molecule has 1 heterocycles. The van der Waals surface area contributed by atoms with E-state index in [1.165, 1.54) is 12.1 Å².